The fraction of sp³-hybridized carbons (Fsp3) is 0.423. The molecule has 0 aliphatic carbocycles. The molecule has 0 radical (unpaired) electrons. The minimum absolute atomic E-state index is 0.184. The molecule has 2 atom stereocenters. The first-order valence-electron chi connectivity index (χ1n) is 12.1. The lowest BCUT2D eigenvalue weighted by Crippen LogP contribution is -2.44. The van der Waals surface area contributed by atoms with E-state index < -0.39 is 0 Å². The van der Waals surface area contributed by atoms with Crippen LogP contribution in [0.3, 0.4) is 0 Å². The van der Waals surface area contributed by atoms with Crippen LogP contribution in [0.15, 0.2) is 49.2 Å². The van der Waals surface area contributed by atoms with Gasteiger partial charge in [-0.1, -0.05) is 32.6 Å². The summed E-state index contributed by atoms with van der Waals surface area (Å²) >= 11 is 0. The topological polar surface area (TPSA) is 107 Å². The number of fused-ring (bicyclic) bond motifs is 1. The molecule has 0 spiro atoms. The van der Waals surface area contributed by atoms with Gasteiger partial charge in [-0.3, -0.25) is 4.79 Å². The Bertz CT molecular complexity index is 1190. The van der Waals surface area contributed by atoms with Crippen LogP contribution in [0, 0.1) is 5.92 Å². The number of carbonyl (C=O) groups excluding carboxylic acids is 1. The zero-order valence-corrected chi connectivity index (χ0v) is 20.7. The van der Waals surface area contributed by atoms with Crippen molar-refractivity contribution in [3.05, 3.63) is 60.3 Å². The highest BCUT2D eigenvalue weighted by Crippen LogP contribution is 2.25. The summed E-state index contributed by atoms with van der Waals surface area (Å²) in [7, 11) is 2.04. The first kappa shape index (κ1) is 24.7. The zero-order chi connectivity index (χ0) is 24.9. The third-order valence-corrected chi connectivity index (χ3v) is 6.44. The minimum Gasteiger partial charge on any atom is -0.391 e. The Balaban J connectivity index is 1.54. The van der Waals surface area contributed by atoms with Crippen molar-refractivity contribution in [3.8, 4) is 0 Å². The van der Waals surface area contributed by atoms with Crippen molar-refractivity contribution in [2.24, 2.45) is 5.92 Å². The summed E-state index contributed by atoms with van der Waals surface area (Å²) in [6.45, 7) is 10.6. The van der Waals surface area contributed by atoms with Gasteiger partial charge in [-0.25, -0.2) is 4.98 Å². The van der Waals surface area contributed by atoms with Gasteiger partial charge in [0.15, 0.2) is 5.65 Å². The molecule has 9 nitrogen and oxygen atoms in total. The molecule has 0 unspecified atom stereocenters. The van der Waals surface area contributed by atoms with Gasteiger partial charge in [0.1, 0.15) is 11.6 Å². The highest BCUT2D eigenvalue weighted by molar-refractivity contribution is 5.98. The maximum atomic E-state index is 11.6. The Kier molecular flexibility index (Phi) is 7.67. The monoisotopic (exact) mass is 477 g/mol. The van der Waals surface area contributed by atoms with Crippen LogP contribution in [0.25, 0.3) is 5.65 Å². The number of nitrogens with zero attached hydrogens (tertiary/aromatic N) is 4. The molecule has 1 fully saturated rings. The number of aliphatic hydroxyl groups excluding tert-OH is 1. The number of amides is 1. The average Bonchev–Trinajstić information content (AvgIpc) is 3.26. The Morgan fingerprint density at radius 2 is 2.14 bits per heavy atom. The number of benzene rings is 1. The molecule has 3 aromatic rings. The first-order valence-corrected chi connectivity index (χ1v) is 12.1. The van der Waals surface area contributed by atoms with Gasteiger partial charge in [0, 0.05) is 42.9 Å². The van der Waals surface area contributed by atoms with Crippen LogP contribution in [0.1, 0.15) is 37.3 Å². The second-order valence-corrected chi connectivity index (χ2v) is 9.52. The Hall–Kier alpha value is -3.43. The molecule has 0 saturated carbocycles. The number of β-amino-alcohol motifs (C(OH)–C–C–N with tert-alkyl or cyclic N) is 1. The molecule has 3 heterocycles. The highest BCUT2D eigenvalue weighted by atomic mass is 16.3. The summed E-state index contributed by atoms with van der Waals surface area (Å²) in [6, 6.07) is 9.63. The smallest absolute Gasteiger partial charge is 0.247 e. The largest absolute Gasteiger partial charge is 0.391 e. The third kappa shape index (κ3) is 5.98. The van der Waals surface area contributed by atoms with Crippen molar-refractivity contribution >= 4 is 28.9 Å². The number of rotatable bonds is 9. The predicted molar refractivity (Wildman–Crippen MR) is 140 cm³/mol. The maximum Gasteiger partial charge on any atom is 0.247 e. The van der Waals surface area contributed by atoms with Gasteiger partial charge in [-0.05, 0) is 49.7 Å². The molecule has 0 bridgehead atoms. The number of likely N-dealkylation sites (N-methyl/N-ethyl adjacent to an activating group) is 1. The quantitative estimate of drug-likeness (QED) is 0.350. The Morgan fingerprint density at radius 3 is 2.89 bits per heavy atom. The average molecular weight is 478 g/mol. The minimum atomic E-state index is -0.349. The lowest BCUT2D eigenvalue weighted by atomic mass is 9.94. The molecule has 1 aromatic carbocycles. The van der Waals surface area contributed by atoms with Crippen LogP contribution < -0.4 is 16.0 Å². The van der Waals surface area contributed by atoms with E-state index in [2.05, 4.69) is 46.4 Å². The summed E-state index contributed by atoms with van der Waals surface area (Å²) in [5.74, 6) is 1.79. The molecule has 1 amide bonds. The Labute approximate surface area is 206 Å². The van der Waals surface area contributed by atoms with E-state index in [0.29, 0.717) is 25.3 Å². The zero-order valence-electron chi connectivity index (χ0n) is 20.7. The van der Waals surface area contributed by atoms with E-state index in [9.17, 15) is 9.90 Å². The number of carbonyl (C=O) groups is 1. The lowest BCUT2D eigenvalue weighted by Gasteiger charge is -2.33. The van der Waals surface area contributed by atoms with E-state index in [4.69, 9.17) is 4.98 Å². The van der Waals surface area contributed by atoms with Crippen LogP contribution in [-0.2, 0) is 11.3 Å². The number of hydrogen-bond acceptors (Lipinski definition) is 7. The normalized spacial score (nSPS) is 18.5. The van der Waals surface area contributed by atoms with Crippen molar-refractivity contribution in [1.82, 2.24) is 19.5 Å². The number of piperidine rings is 1. The molecule has 4 N–H and O–H groups in total. The lowest BCUT2D eigenvalue weighted by molar-refractivity contribution is -0.111. The van der Waals surface area contributed by atoms with Gasteiger partial charge < -0.3 is 26.0 Å². The van der Waals surface area contributed by atoms with Crippen molar-refractivity contribution in [1.29, 1.82) is 0 Å². The van der Waals surface area contributed by atoms with Crippen molar-refractivity contribution in [3.63, 3.8) is 0 Å². The molecule has 35 heavy (non-hydrogen) atoms. The van der Waals surface area contributed by atoms with Gasteiger partial charge in [0.05, 0.1) is 12.3 Å². The summed E-state index contributed by atoms with van der Waals surface area (Å²) in [5.41, 5.74) is 3.61. The van der Waals surface area contributed by atoms with E-state index in [1.165, 1.54) is 6.08 Å². The fourth-order valence-electron chi connectivity index (χ4n) is 4.36. The van der Waals surface area contributed by atoms with Crippen molar-refractivity contribution < 1.29 is 9.90 Å². The SMILES string of the molecule is C=CC(=O)Nc1cccc(CNc2cc(NC[C@H]3CCN(C)C[C@@H]3O)nc3c(C(C)C)cnn23)c1. The van der Waals surface area contributed by atoms with E-state index >= 15 is 0 Å². The number of hydrogen-bond donors (Lipinski definition) is 4. The third-order valence-electron chi connectivity index (χ3n) is 6.44. The summed E-state index contributed by atoms with van der Waals surface area (Å²) in [5, 5.41) is 24.8. The number of aliphatic hydroxyl groups is 1. The van der Waals surface area contributed by atoms with E-state index in [1.54, 1.807) is 0 Å². The number of nitrogens with one attached hydrogen (secondary N) is 3. The van der Waals surface area contributed by atoms with Crippen LogP contribution in [0.2, 0.25) is 0 Å². The van der Waals surface area contributed by atoms with Gasteiger partial charge in [0.25, 0.3) is 0 Å². The molecule has 1 aliphatic rings. The molecule has 1 aliphatic heterocycles. The molecular weight excluding hydrogens is 442 g/mol. The Morgan fingerprint density at radius 1 is 1.31 bits per heavy atom. The molecule has 186 valence electrons. The molecule has 4 rings (SSSR count). The standard InChI is InChI=1S/C26H35N7O2/c1-5-25(35)30-20-8-6-7-18(11-20)13-28-24-12-23(27-14-19-9-10-32(4)16-22(19)34)31-26-21(17(2)3)15-29-33(24)26/h5-8,11-12,15,17,19,22,28,34H,1,9-10,13-14,16H2,2-4H3,(H,27,31)(H,30,35)/t19-,22+/m1/s1. The van der Waals surface area contributed by atoms with Crippen LogP contribution in [-0.4, -0.2) is 63.3 Å². The predicted octanol–water partition coefficient (Wildman–Crippen LogP) is 3.31. The number of aromatic nitrogens is 3. The summed E-state index contributed by atoms with van der Waals surface area (Å²) < 4.78 is 1.83. The maximum absolute atomic E-state index is 11.6. The van der Waals surface area contributed by atoms with Gasteiger partial charge in [-0.2, -0.15) is 9.61 Å². The van der Waals surface area contributed by atoms with Crippen LogP contribution in [0.4, 0.5) is 17.3 Å². The molecular formula is C26H35N7O2. The number of anilines is 3. The highest BCUT2D eigenvalue weighted by Gasteiger charge is 2.26. The molecule has 9 heteroatoms. The second-order valence-electron chi connectivity index (χ2n) is 9.52. The second kappa shape index (κ2) is 10.9. The summed E-state index contributed by atoms with van der Waals surface area (Å²) in [4.78, 5) is 18.6. The summed E-state index contributed by atoms with van der Waals surface area (Å²) in [6.07, 6.45) is 3.72. The van der Waals surface area contributed by atoms with Gasteiger partial charge >= 0.3 is 0 Å². The fourth-order valence-corrected chi connectivity index (χ4v) is 4.36. The molecule has 2 aromatic heterocycles. The molecule has 1 saturated heterocycles. The van der Waals surface area contributed by atoms with Crippen LogP contribution in [0.5, 0.6) is 0 Å². The van der Waals surface area contributed by atoms with E-state index in [1.807, 2.05) is 48.1 Å². The van der Waals surface area contributed by atoms with Gasteiger partial charge in [-0.15, -0.1) is 0 Å². The van der Waals surface area contributed by atoms with Gasteiger partial charge in [0.2, 0.25) is 5.91 Å². The van der Waals surface area contributed by atoms with Crippen molar-refractivity contribution in [2.45, 2.75) is 38.8 Å². The van der Waals surface area contributed by atoms with Crippen LogP contribution >= 0.6 is 0 Å². The van der Waals surface area contributed by atoms with E-state index in [-0.39, 0.29) is 23.8 Å². The first-order chi connectivity index (χ1) is 16.8. The number of likely N-dealkylation sites (tertiary alicyclic amines) is 1. The van der Waals surface area contributed by atoms with Crippen molar-refractivity contribution in [2.75, 3.05) is 42.6 Å². The van der Waals surface area contributed by atoms with E-state index in [0.717, 1.165) is 41.4 Å².